The van der Waals surface area contributed by atoms with Crippen molar-refractivity contribution in [3.8, 4) is 17.2 Å². The Kier molecular flexibility index (Phi) is 7.85. The van der Waals surface area contributed by atoms with E-state index < -0.39 is 18.2 Å². The largest absolute Gasteiger partial charge is 0.493 e. The van der Waals surface area contributed by atoms with E-state index in [9.17, 15) is 9.59 Å². The molecule has 0 spiro atoms. The molecule has 0 radical (unpaired) electrons. The summed E-state index contributed by atoms with van der Waals surface area (Å²) in [5, 5.41) is 6.99. The summed E-state index contributed by atoms with van der Waals surface area (Å²) in [6.45, 7) is 1.85. The lowest BCUT2D eigenvalue weighted by molar-refractivity contribution is -0.126. The second-order valence-corrected chi connectivity index (χ2v) is 6.35. The molecule has 2 amide bonds. The molecule has 2 N–H and O–H groups in total. The number of hydrogen-bond acceptors (Lipinski definition) is 6. The van der Waals surface area contributed by atoms with Gasteiger partial charge in [0.1, 0.15) is 6.42 Å². The van der Waals surface area contributed by atoms with Crippen molar-refractivity contribution in [1.82, 2.24) is 5.43 Å². The van der Waals surface area contributed by atoms with E-state index in [1.54, 1.807) is 30.3 Å². The van der Waals surface area contributed by atoms with Crippen LogP contribution < -0.4 is 25.0 Å². The van der Waals surface area contributed by atoms with Gasteiger partial charge in [0, 0.05) is 16.3 Å². The van der Waals surface area contributed by atoms with Gasteiger partial charge >= 0.3 is 0 Å². The molecule has 0 aliphatic rings. The lowest BCUT2D eigenvalue weighted by Crippen LogP contribution is -2.24. The van der Waals surface area contributed by atoms with Crippen LogP contribution in [0.4, 0.5) is 5.69 Å². The number of benzene rings is 2. The standard InChI is InChI=1S/C20H22ClN3O5/c1-12-5-6-14(9-15(12)21)23-18(25)10-19(26)24-22-11-13-7-16(27-2)20(29-4)17(8-13)28-3/h5-9,11H,10H2,1-4H3,(H,23,25)(H,24,26). The highest BCUT2D eigenvalue weighted by Gasteiger charge is 2.13. The van der Waals surface area contributed by atoms with Crippen LogP contribution in [0.1, 0.15) is 17.5 Å². The molecule has 0 fully saturated rings. The average Bonchev–Trinajstić information content (AvgIpc) is 2.69. The highest BCUT2D eigenvalue weighted by molar-refractivity contribution is 6.31. The number of ether oxygens (including phenoxy) is 3. The number of nitrogens with one attached hydrogen (secondary N) is 2. The molecular formula is C20H22ClN3O5. The molecule has 0 saturated carbocycles. The van der Waals surface area contributed by atoms with Crippen molar-refractivity contribution in [1.29, 1.82) is 0 Å². The van der Waals surface area contributed by atoms with Crippen molar-refractivity contribution in [3.05, 3.63) is 46.5 Å². The Morgan fingerprint density at radius 1 is 1.03 bits per heavy atom. The molecule has 0 aromatic heterocycles. The van der Waals surface area contributed by atoms with E-state index in [1.807, 2.05) is 6.92 Å². The second-order valence-electron chi connectivity index (χ2n) is 5.94. The number of halogens is 1. The number of carbonyl (C=O) groups is 2. The first kappa shape index (κ1) is 22.0. The van der Waals surface area contributed by atoms with E-state index in [4.69, 9.17) is 25.8 Å². The van der Waals surface area contributed by atoms with Gasteiger partial charge < -0.3 is 19.5 Å². The van der Waals surface area contributed by atoms with Gasteiger partial charge in [-0.05, 0) is 36.8 Å². The minimum atomic E-state index is -0.565. The van der Waals surface area contributed by atoms with Crippen molar-refractivity contribution in [3.63, 3.8) is 0 Å². The minimum Gasteiger partial charge on any atom is -0.493 e. The maximum absolute atomic E-state index is 12.0. The predicted octanol–water partition coefficient (Wildman–Crippen LogP) is 3.15. The van der Waals surface area contributed by atoms with Crippen LogP contribution in [0.15, 0.2) is 35.4 Å². The molecule has 0 bridgehead atoms. The topological polar surface area (TPSA) is 98.2 Å². The van der Waals surface area contributed by atoms with Gasteiger partial charge in [-0.15, -0.1) is 0 Å². The zero-order valence-corrected chi connectivity index (χ0v) is 17.3. The van der Waals surface area contributed by atoms with Crippen LogP contribution in [0.5, 0.6) is 17.2 Å². The highest BCUT2D eigenvalue weighted by Crippen LogP contribution is 2.37. The van der Waals surface area contributed by atoms with Crippen molar-refractivity contribution < 1.29 is 23.8 Å². The Hall–Kier alpha value is -3.26. The van der Waals surface area contributed by atoms with E-state index in [2.05, 4.69) is 15.8 Å². The van der Waals surface area contributed by atoms with Gasteiger partial charge in [0.2, 0.25) is 17.6 Å². The lowest BCUT2D eigenvalue weighted by atomic mass is 10.2. The Balaban J connectivity index is 1.95. The monoisotopic (exact) mass is 419 g/mol. The summed E-state index contributed by atoms with van der Waals surface area (Å²) in [6, 6.07) is 8.45. The zero-order chi connectivity index (χ0) is 21.4. The number of nitrogens with zero attached hydrogens (tertiary/aromatic N) is 1. The summed E-state index contributed by atoms with van der Waals surface area (Å²) in [6.07, 6.45) is 1.01. The third-order valence-electron chi connectivity index (χ3n) is 3.87. The minimum absolute atomic E-state index is 0.391. The van der Waals surface area contributed by atoms with Crippen LogP contribution in [-0.2, 0) is 9.59 Å². The Labute approximate surface area is 173 Å². The first-order valence-electron chi connectivity index (χ1n) is 8.55. The van der Waals surface area contributed by atoms with Crippen LogP contribution in [-0.4, -0.2) is 39.4 Å². The third-order valence-corrected chi connectivity index (χ3v) is 4.27. The smallest absolute Gasteiger partial charge is 0.249 e. The molecule has 29 heavy (non-hydrogen) atoms. The summed E-state index contributed by atoms with van der Waals surface area (Å²) in [4.78, 5) is 23.9. The van der Waals surface area contributed by atoms with Crippen molar-refractivity contribution in [2.75, 3.05) is 26.6 Å². The number of methoxy groups -OCH3 is 3. The lowest BCUT2D eigenvalue weighted by Gasteiger charge is -2.12. The molecule has 0 saturated heterocycles. The average molecular weight is 420 g/mol. The Bertz CT molecular complexity index is 905. The molecule has 0 aliphatic heterocycles. The fourth-order valence-corrected chi connectivity index (χ4v) is 2.60. The summed E-state index contributed by atoms with van der Waals surface area (Å²) in [5.41, 5.74) is 4.32. The molecule has 8 nitrogen and oxygen atoms in total. The van der Waals surface area contributed by atoms with E-state index in [1.165, 1.54) is 27.5 Å². The number of rotatable bonds is 8. The molecule has 0 atom stereocenters. The number of carbonyl (C=O) groups excluding carboxylic acids is 2. The molecule has 0 aliphatic carbocycles. The quantitative estimate of drug-likeness (QED) is 0.389. The summed E-state index contributed by atoms with van der Waals surface area (Å²) < 4.78 is 15.8. The summed E-state index contributed by atoms with van der Waals surface area (Å²) in [7, 11) is 4.50. The fourth-order valence-electron chi connectivity index (χ4n) is 2.42. The van der Waals surface area contributed by atoms with Gasteiger partial charge in [-0.3, -0.25) is 9.59 Å². The van der Waals surface area contributed by atoms with Crippen LogP contribution in [0.2, 0.25) is 5.02 Å². The van der Waals surface area contributed by atoms with Gasteiger partial charge in [0.15, 0.2) is 11.5 Å². The molecule has 9 heteroatoms. The third kappa shape index (κ3) is 6.11. The fraction of sp³-hybridized carbons (Fsp3) is 0.250. The maximum atomic E-state index is 12.0. The van der Waals surface area contributed by atoms with Crippen molar-refractivity contribution >= 4 is 35.3 Å². The first-order valence-corrected chi connectivity index (χ1v) is 8.93. The van der Waals surface area contributed by atoms with E-state index in [-0.39, 0.29) is 0 Å². The molecule has 0 heterocycles. The molecule has 154 valence electrons. The predicted molar refractivity (Wildman–Crippen MR) is 111 cm³/mol. The van der Waals surface area contributed by atoms with Gasteiger partial charge in [0.05, 0.1) is 27.5 Å². The molecular weight excluding hydrogens is 398 g/mol. The van der Waals surface area contributed by atoms with Crippen LogP contribution in [0.3, 0.4) is 0 Å². The zero-order valence-electron chi connectivity index (χ0n) is 16.5. The number of hydrogen-bond donors (Lipinski definition) is 2. The first-order chi connectivity index (χ1) is 13.9. The summed E-state index contributed by atoms with van der Waals surface area (Å²) >= 11 is 6.02. The van der Waals surface area contributed by atoms with Crippen LogP contribution in [0.25, 0.3) is 0 Å². The Morgan fingerprint density at radius 3 is 2.24 bits per heavy atom. The van der Waals surface area contributed by atoms with Crippen LogP contribution in [0, 0.1) is 6.92 Å². The van der Waals surface area contributed by atoms with Gasteiger partial charge in [-0.25, -0.2) is 5.43 Å². The maximum Gasteiger partial charge on any atom is 0.249 e. The van der Waals surface area contributed by atoms with Crippen molar-refractivity contribution in [2.45, 2.75) is 13.3 Å². The number of aryl methyl sites for hydroxylation is 1. The van der Waals surface area contributed by atoms with Gasteiger partial charge in [-0.2, -0.15) is 5.10 Å². The SMILES string of the molecule is COc1cc(C=NNC(=O)CC(=O)Nc2ccc(C)c(Cl)c2)cc(OC)c1OC. The summed E-state index contributed by atoms with van der Waals surface area (Å²) in [5.74, 6) is 0.311. The molecule has 2 rings (SSSR count). The normalized spacial score (nSPS) is 10.5. The van der Waals surface area contributed by atoms with Crippen molar-refractivity contribution in [2.24, 2.45) is 5.10 Å². The van der Waals surface area contributed by atoms with E-state index >= 15 is 0 Å². The highest BCUT2D eigenvalue weighted by atomic mass is 35.5. The molecule has 2 aromatic carbocycles. The number of amides is 2. The Morgan fingerprint density at radius 2 is 1.69 bits per heavy atom. The van der Waals surface area contributed by atoms with Gasteiger partial charge in [0.25, 0.3) is 0 Å². The van der Waals surface area contributed by atoms with E-state index in [0.29, 0.717) is 33.5 Å². The molecule has 2 aromatic rings. The van der Waals surface area contributed by atoms with Crippen LogP contribution >= 0.6 is 11.6 Å². The molecule has 0 unspecified atom stereocenters. The number of hydrazone groups is 1. The second kappa shape index (κ2) is 10.3. The number of anilines is 1. The van der Waals surface area contributed by atoms with Gasteiger partial charge in [-0.1, -0.05) is 17.7 Å². The van der Waals surface area contributed by atoms with E-state index in [0.717, 1.165) is 5.56 Å².